The van der Waals surface area contributed by atoms with Crippen molar-refractivity contribution in [1.82, 2.24) is 0 Å². The summed E-state index contributed by atoms with van der Waals surface area (Å²) >= 11 is 0. The van der Waals surface area contributed by atoms with Crippen molar-refractivity contribution in [3.63, 3.8) is 0 Å². The lowest BCUT2D eigenvalue weighted by atomic mass is 10.0. The number of rotatable bonds is 54. The summed E-state index contributed by atoms with van der Waals surface area (Å²) in [4.78, 5) is 0.0124. The van der Waals surface area contributed by atoms with E-state index in [1.54, 1.807) is 12.1 Å². The SMILES string of the molecule is CCCCCCCCCCCCCCCCCC[N+](CCCCCCCCCCCCCCCCCC)(CCCCCCCCCCCCCCCCCC)Cc1ccccc1S(=O)(=O)[O-]. The Morgan fingerprint density at radius 1 is 0.318 bits per heavy atom. The molecule has 0 bridgehead atoms. The Balaban J connectivity index is 2.66. The Morgan fingerprint density at radius 2 is 0.515 bits per heavy atom. The number of benzene rings is 1. The average Bonchev–Trinajstić information content (AvgIpc) is 3.31. The lowest BCUT2D eigenvalue weighted by molar-refractivity contribution is -0.941. The molecule has 1 rings (SSSR count). The van der Waals surface area contributed by atoms with Crippen LogP contribution in [0.25, 0.3) is 0 Å². The van der Waals surface area contributed by atoms with Crippen LogP contribution in [0.5, 0.6) is 0 Å². The Bertz CT molecular complexity index is 1140. The molecule has 0 atom stereocenters. The Morgan fingerprint density at radius 3 is 0.727 bits per heavy atom. The quantitative estimate of drug-likeness (QED) is 0.0371. The van der Waals surface area contributed by atoms with Gasteiger partial charge < -0.3 is 9.04 Å². The second kappa shape index (κ2) is 47.8. The van der Waals surface area contributed by atoms with Gasteiger partial charge in [0, 0.05) is 5.56 Å². The third-order valence-electron chi connectivity index (χ3n) is 15.2. The van der Waals surface area contributed by atoms with Crippen LogP contribution in [-0.4, -0.2) is 37.1 Å². The lowest BCUT2D eigenvalue weighted by Gasteiger charge is -2.40. The van der Waals surface area contributed by atoms with Gasteiger partial charge in [-0.3, -0.25) is 0 Å². The molecule has 0 unspecified atom stereocenters. The summed E-state index contributed by atoms with van der Waals surface area (Å²) < 4.78 is 38.5. The van der Waals surface area contributed by atoms with E-state index in [2.05, 4.69) is 20.8 Å². The molecule has 1 aromatic carbocycles. The fraction of sp³-hybridized carbons (Fsp3) is 0.902. The first-order chi connectivity index (χ1) is 32.4. The molecule has 0 saturated heterocycles. The molecule has 0 fully saturated rings. The molecule has 390 valence electrons. The molecule has 0 heterocycles. The zero-order chi connectivity index (χ0) is 47.8. The van der Waals surface area contributed by atoms with Crippen LogP contribution >= 0.6 is 0 Å². The summed E-state index contributed by atoms with van der Waals surface area (Å²) in [6.45, 7) is 10.9. The maximum absolute atomic E-state index is 12.5. The van der Waals surface area contributed by atoms with Gasteiger partial charge in [0.15, 0.2) is 0 Å². The van der Waals surface area contributed by atoms with Crippen molar-refractivity contribution in [2.45, 2.75) is 340 Å². The Labute approximate surface area is 415 Å². The molecule has 0 aliphatic heterocycles. The predicted octanol–water partition coefficient (Wildman–Crippen LogP) is 20.7. The minimum absolute atomic E-state index is 0.0124. The average molecular weight is 945 g/mol. The molecule has 0 saturated carbocycles. The first kappa shape index (κ1) is 63.1. The molecule has 0 spiro atoms. The van der Waals surface area contributed by atoms with Crippen LogP contribution < -0.4 is 0 Å². The predicted molar refractivity (Wildman–Crippen MR) is 292 cm³/mol. The van der Waals surface area contributed by atoms with Crippen molar-refractivity contribution < 1.29 is 17.5 Å². The van der Waals surface area contributed by atoms with Gasteiger partial charge in [0.05, 0.1) is 24.5 Å². The molecule has 0 aliphatic rings. The fourth-order valence-electron chi connectivity index (χ4n) is 10.8. The van der Waals surface area contributed by atoms with Crippen LogP contribution in [0.1, 0.15) is 335 Å². The molecular weight excluding hydrogens is 827 g/mol. The normalized spacial score (nSPS) is 12.2. The van der Waals surface area contributed by atoms with Gasteiger partial charge in [-0.05, 0) is 44.6 Å². The summed E-state index contributed by atoms with van der Waals surface area (Å²) in [5.74, 6) is 0. The minimum atomic E-state index is -4.52. The van der Waals surface area contributed by atoms with Gasteiger partial charge in [-0.25, -0.2) is 8.42 Å². The van der Waals surface area contributed by atoms with Crippen molar-refractivity contribution in [1.29, 1.82) is 0 Å². The van der Waals surface area contributed by atoms with E-state index in [-0.39, 0.29) is 4.90 Å². The molecule has 0 radical (unpaired) electrons. The molecular formula is C61H117NO3S. The smallest absolute Gasteiger partial charge is 0.124 e. The standard InChI is InChI=1S/C61H117NO3S/c1-4-7-10-13-16-19-22-25-28-31-34-37-40-43-46-51-56-62(59-60-54-49-50-55-61(60)66(63,64)65,57-52-47-44-41-38-35-32-29-26-23-20-17-14-11-8-5-2)58-53-48-45-42-39-36-33-30-27-24-21-18-15-12-9-6-3/h49-50,54-55H,4-48,51-53,56-59H2,1-3H3. The minimum Gasteiger partial charge on any atom is -0.744 e. The molecule has 5 heteroatoms. The van der Waals surface area contributed by atoms with Gasteiger partial charge in [0.25, 0.3) is 0 Å². The van der Waals surface area contributed by atoms with Crippen LogP contribution in [-0.2, 0) is 16.7 Å². The monoisotopic (exact) mass is 944 g/mol. The second-order valence-electron chi connectivity index (χ2n) is 21.6. The van der Waals surface area contributed by atoms with Crippen LogP contribution in [0, 0.1) is 0 Å². The van der Waals surface area contributed by atoms with Crippen molar-refractivity contribution >= 4 is 10.1 Å². The summed E-state index contributed by atoms with van der Waals surface area (Å²) in [6, 6.07) is 7.16. The van der Waals surface area contributed by atoms with Crippen molar-refractivity contribution in [3.8, 4) is 0 Å². The summed E-state index contributed by atoms with van der Waals surface area (Å²) in [7, 11) is -4.52. The van der Waals surface area contributed by atoms with E-state index >= 15 is 0 Å². The highest BCUT2D eigenvalue weighted by Gasteiger charge is 2.28. The Kier molecular flexibility index (Phi) is 45.7. The molecule has 1 aromatic rings. The summed E-state index contributed by atoms with van der Waals surface area (Å²) in [5, 5.41) is 0. The number of unbranched alkanes of at least 4 members (excludes halogenated alkanes) is 45. The largest absolute Gasteiger partial charge is 0.744 e. The van der Waals surface area contributed by atoms with Crippen LogP contribution in [0.15, 0.2) is 29.2 Å². The number of hydrogen-bond acceptors (Lipinski definition) is 3. The molecule has 0 amide bonds. The molecule has 66 heavy (non-hydrogen) atoms. The van der Waals surface area contributed by atoms with E-state index in [9.17, 15) is 13.0 Å². The highest BCUT2D eigenvalue weighted by molar-refractivity contribution is 7.85. The van der Waals surface area contributed by atoms with E-state index in [0.29, 0.717) is 6.54 Å². The summed E-state index contributed by atoms with van der Waals surface area (Å²) in [6.07, 6.45) is 65.9. The van der Waals surface area contributed by atoms with Gasteiger partial charge in [-0.15, -0.1) is 0 Å². The van der Waals surface area contributed by atoms with Gasteiger partial charge in [-0.1, -0.05) is 309 Å². The highest BCUT2D eigenvalue weighted by atomic mass is 32.2. The number of quaternary nitrogens is 1. The fourth-order valence-corrected chi connectivity index (χ4v) is 11.5. The molecule has 4 nitrogen and oxygen atoms in total. The number of hydrogen-bond donors (Lipinski definition) is 0. The Hall–Kier alpha value is -0.910. The zero-order valence-corrected chi connectivity index (χ0v) is 46.0. The van der Waals surface area contributed by atoms with Gasteiger partial charge in [0.2, 0.25) is 0 Å². The van der Waals surface area contributed by atoms with Crippen LogP contribution in [0.2, 0.25) is 0 Å². The second-order valence-corrected chi connectivity index (χ2v) is 23.0. The molecule has 0 aromatic heterocycles. The van der Waals surface area contributed by atoms with E-state index < -0.39 is 10.1 Å². The lowest BCUT2D eigenvalue weighted by Crippen LogP contribution is -2.49. The van der Waals surface area contributed by atoms with Crippen LogP contribution in [0.3, 0.4) is 0 Å². The van der Waals surface area contributed by atoms with E-state index in [0.717, 1.165) is 29.7 Å². The molecule has 0 aliphatic carbocycles. The maximum Gasteiger partial charge on any atom is 0.124 e. The van der Waals surface area contributed by atoms with Crippen LogP contribution in [0.4, 0.5) is 0 Å². The maximum atomic E-state index is 12.5. The third-order valence-corrected chi connectivity index (χ3v) is 16.1. The van der Waals surface area contributed by atoms with Crippen molar-refractivity contribution in [3.05, 3.63) is 29.8 Å². The first-order valence-electron chi connectivity index (χ1n) is 30.3. The van der Waals surface area contributed by atoms with Gasteiger partial charge >= 0.3 is 0 Å². The van der Waals surface area contributed by atoms with E-state index in [4.69, 9.17) is 0 Å². The third kappa shape index (κ3) is 39.9. The van der Waals surface area contributed by atoms with E-state index in [1.165, 1.54) is 308 Å². The van der Waals surface area contributed by atoms with E-state index in [1.807, 2.05) is 12.1 Å². The van der Waals surface area contributed by atoms with Gasteiger partial charge in [-0.2, -0.15) is 0 Å². The summed E-state index contributed by atoms with van der Waals surface area (Å²) in [5.41, 5.74) is 0.747. The molecule has 0 N–H and O–H groups in total. The van der Waals surface area contributed by atoms with Gasteiger partial charge in [0.1, 0.15) is 16.7 Å². The zero-order valence-electron chi connectivity index (χ0n) is 45.2. The topological polar surface area (TPSA) is 57.2 Å². The van der Waals surface area contributed by atoms with Crippen molar-refractivity contribution in [2.75, 3.05) is 19.6 Å². The van der Waals surface area contributed by atoms with Crippen molar-refractivity contribution in [2.24, 2.45) is 0 Å². The highest BCUT2D eigenvalue weighted by Crippen LogP contribution is 2.26. The first-order valence-corrected chi connectivity index (χ1v) is 31.7. The number of nitrogens with zero attached hydrogens (tertiary/aromatic N) is 1.